The van der Waals surface area contributed by atoms with Gasteiger partial charge in [0.1, 0.15) is 12.6 Å². The Balaban J connectivity index is 1.91. The van der Waals surface area contributed by atoms with Gasteiger partial charge in [0.2, 0.25) is 21.8 Å². The molecule has 1 N–H and O–H groups in total. The lowest BCUT2D eigenvalue weighted by atomic mass is 9.95. The first-order valence-electron chi connectivity index (χ1n) is 12.2. The number of amides is 2. The molecule has 2 aromatic carbocycles. The Morgan fingerprint density at radius 3 is 2.31 bits per heavy atom. The molecule has 0 spiro atoms. The van der Waals surface area contributed by atoms with E-state index in [9.17, 15) is 18.0 Å². The number of rotatable bonds is 10. The summed E-state index contributed by atoms with van der Waals surface area (Å²) in [7, 11) is -3.76. The molecule has 1 atom stereocenters. The number of carbonyl (C=O) groups is 2. The van der Waals surface area contributed by atoms with Gasteiger partial charge in [-0.25, -0.2) is 8.42 Å². The minimum absolute atomic E-state index is 0.0943. The van der Waals surface area contributed by atoms with Crippen LogP contribution >= 0.6 is 34.2 Å². The third-order valence-corrected chi connectivity index (χ3v) is 8.66. The van der Waals surface area contributed by atoms with E-state index in [0.717, 1.165) is 39.8 Å². The number of nitrogens with zero attached hydrogens (tertiary/aromatic N) is 2. The van der Waals surface area contributed by atoms with Crippen LogP contribution in [0.25, 0.3) is 0 Å². The van der Waals surface area contributed by atoms with Gasteiger partial charge in [-0.05, 0) is 77.7 Å². The predicted molar refractivity (Wildman–Crippen MR) is 152 cm³/mol. The van der Waals surface area contributed by atoms with Crippen LogP contribution in [0.3, 0.4) is 0 Å². The first kappa shape index (κ1) is 28.7. The van der Waals surface area contributed by atoms with Crippen LogP contribution in [0, 0.1) is 3.57 Å². The van der Waals surface area contributed by atoms with Crippen molar-refractivity contribution in [3.8, 4) is 0 Å². The molecule has 1 fully saturated rings. The number of sulfonamides is 1. The van der Waals surface area contributed by atoms with Crippen LogP contribution in [-0.2, 0) is 26.2 Å². The molecule has 2 aromatic rings. The molecule has 0 aromatic heterocycles. The summed E-state index contributed by atoms with van der Waals surface area (Å²) in [6.45, 7) is 1.53. The minimum atomic E-state index is -3.76. The molecule has 3 rings (SSSR count). The summed E-state index contributed by atoms with van der Waals surface area (Å²) in [5.74, 6) is -0.686. The molecule has 10 heteroatoms. The third kappa shape index (κ3) is 7.82. The second-order valence-electron chi connectivity index (χ2n) is 9.13. The van der Waals surface area contributed by atoms with Crippen molar-refractivity contribution >= 4 is 61.7 Å². The maximum absolute atomic E-state index is 13.7. The normalized spacial score (nSPS) is 15.2. The predicted octanol–water partition coefficient (Wildman–Crippen LogP) is 4.97. The highest BCUT2D eigenvalue weighted by Crippen LogP contribution is 2.24. The van der Waals surface area contributed by atoms with Gasteiger partial charge in [0.25, 0.3) is 0 Å². The minimum Gasteiger partial charge on any atom is -0.352 e. The summed E-state index contributed by atoms with van der Waals surface area (Å²) in [4.78, 5) is 28.6. The van der Waals surface area contributed by atoms with Gasteiger partial charge in [0, 0.05) is 21.2 Å². The number of carbonyl (C=O) groups excluding carboxylic acids is 2. The fourth-order valence-corrected chi connectivity index (χ4v) is 5.90. The van der Waals surface area contributed by atoms with E-state index in [-0.39, 0.29) is 18.5 Å². The number of anilines is 1. The third-order valence-electron chi connectivity index (χ3n) is 6.43. The summed E-state index contributed by atoms with van der Waals surface area (Å²) < 4.78 is 27.4. The fourth-order valence-electron chi connectivity index (χ4n) is 4.50. The summed E-state index contributed by atoms with van der Waals surface area (Å²) in [5, 5.41) is 3.61. The van der Waals surface area contributed by atoms with E-state index < -0.39 is 28.5 Å². The van der Waals surface area contributed by atoms with Crippen LogP contribution in [0.4, 0.5) is 5.69 Å². The van der Waals surface area contributed by atoms with Gasteiger partial charge < -0.3 is 10.2 Å². The lowest BCUT2D eigenvalue weighted by Crippen LogP contribution is -2.54. The molecule has 1 unspecified atom stereocenters. The van der Waals surface area contributed by atoms with Gasteiger partial charge in [-0.15, -0.1) is 0 Å². The smallest absolute Gasteiger partial charge is 0.244 e. The molecule has 1 aliphatic carbocycles. The Kier molecular flexibility index (Phi) is 10.4. The van der Waals surface area contributed by atoms with Gasteiger partial charge in [0.15, 0.2) is 0 Å². The number of nitrogens with one attached hydrogen (secondary N) is 1. The van der Waals surface area contributed by atoms with Crippen molar-refractivity contribution in [1.29, 1.82) is 0 Å². The van der Waals surface area contributed by atoms with Crippen LogP contribution in [0.15, 0.2) is 48.5 Å². The van der Waals surface area contributed by atoms with E-state index in [1.165, 1.54) is 11.3 Å². The second-order valence-corrected chi connectivity index (χ2v) is 12.7. The van der Waals surface area contributed by atoms with Crippen LogP contribution in [-0.4, -0.2) is 50.0 Å². The number of benzene rings is 2. The molecule has 2 amide bonds. The molecular weight excluding hydrogens is 613 g/mol. The maximum atomic E-state index is 13.7. The van der Waals surface area contributed by atoms with Crippen molar-refractivity contribution in [1.82, 2.24) is 10.2 Å². The number of hydrogen-bond donors (Lipinski definition) is 1. The van der Waals surface area contributed by atoms with Gasteiger partial charge in [-0.2, -0.15) is 0 Å². The molecule has 0 bridgehead atoms. The van der Waals surface area contributed by atoms with Gasteiger partial charge in [-0.3, -0.25) is 13.9 Å². The van der Waals surface area contributed by atoms with Crippen molar-refractivity contribution < 1.29 is 18.0 Å². The van der Waals surface area contributed by atoms with E-state index in [1.807, 2.05) is 19.1 Å². The molecule has 1 saturated carbocycles. The van der Waals surface area contributed by atoms with Crippen LogP contribution < -0.4 is 9.62 Å². The van der Waals surface area contributed by atoms with Crippen LogP contribution in [0.5, 0.6) is 0 Å². The van der Waals surface area contributed by atoms with Crippen LogP contribution in [0.2, 0.25) is 5.02 Å². The zero-order valence-electron chi connectivity index (χ0n) is 20.6. The Morgan fingerprint density at radius 1 is 1.08 bits per heavy atom. The van der Waals surface area contributed by atoms with Gasteiger partial charge >= 0.3 is 0 Å². The Hall–Kier alpha value is -1.85. The zero-order valence-corrected chi connectivity index (χ0v) is 24.4. The zero-order chi connectivity index (χ0) is 26.3. The van der Waals surface area contributed by atoms with E-state index in [1.54, 1.807) is 36.4 Å². The number of halogens is 2. The Labute approximate surface area is 232 Å². The lowest BCUT2D eigenvalue weighted by molar-refractivity contribution is -0.140. The first-order valence-corrected chi connectivity index (χ1v) is 15.5. The summed E-state index contributed by atoms with van der Waals surface area (Å²) in [6.07, 6.45) is 6.62. The van der Waals surface area contributed by atoms with Gasteiger partial charge in [-0.1, -0.05) is 56.0 Å². The molecular formula is C26H33ClIN3O4S. The van der Waals surface area contributed by atoms with Crippen molar-refractivity contribution in [3.63, 3.8) is 0 Å². The largest absolute Gasteiger partial charge is 0.352 e. The second kappa shape index (κ2) is 13.1. The van der Waals surface area contributed by atoms with Crippen molar-refractivity contribution in [2.75, 3.05) is 17.1 Å². The first-order chi connectivity index (χ1) is 17.1. The molecule has 36 heavy (non-hydrogen) atoms. The summed E-state index contributed by atoms with van der Waals surface area (Å²) in [5.41, 5.74) is 1.08. The lowest BCUT2D eigenvalue weighted by Gasteiger charge is -2.34. The van der Waals surface area contributed by atoms with Gasteiger partial charge in [0.05, 0.1) is 11.9 Å². The number of hydrogen-bond acceptors (Lipinski definition) is 4. The molecule has 1 aliphatic rings. The fraction of sp³-hybridized carbons (Fsp3) is 0.462. The van der Waals surface area contributed by atoms with E-state index in [2.05, 4.69) is 27.9 Å². The van der Waals surface area contributed by atoms with Crippen molar-refractivity contribution in [3.05, 3.63) is 62.7 Å². The quantitative estimate of drug-likeness (QED) is 0.370. The highest BCUT2D eigenvalue weighted by molar-refractivity contribution is 14.1. The van der Waals surface area contributed by atoms with Crippen molar-refractivity contribution in [2.24, 2.45) is 0 Å². The van der Waals surface area contributed by atoms with Crippen LogP contribution in [0.1, 0.15) is 51.0 Å². The molecule has 0 heterocycles. The molecule has 7 nitrogen and oxygen atoms in total. The molecule has 196 valence electrons. The van der Waals surface area contributed by atoms with E-state index in [0.29, 0.717) is 22.7 Å². The maximum Gasteiger partial charge on any atom is 0.244 e. The topological polar surface area (TPSA) is 86.8 Å². The monoisotopic (exact) mass is 645 g/mol. The van der Waals surface area contributed by atoms with E-state index in [4.69, 9.17) is 11.6 Å². The SMILES string of the molecule is CCC(C(=O)NC1CCCCC1)N(Cc1ccccc1Cl)C(=O)CN(c1ccc(I)cc1)S(C)(=O)=O. The van der Waals surface area contributed by atoms with Crippen molar-refractivity contribution in [2.45, 2.75) is 64.1 Å². The van der Waals surface area contributed by atoms with E-state index >= 15 is 0 Å². The summed E-state index contributed by atoms with van der Waals surface area (Å²) >= 11 is 8.54. The average molecular weight is 646 g/mol. The highest BCUT2D eigenvalue weighted by atomic mass is 127. The summed E-state index contributed by atoms with van der Waals surface area (Å²) in [6, 6.07) is 13.4. The Morgan fingerprint density at radius 2 is 1.72 bits per heavy atom. The highest BCUT2D eigenvalue weighted by Gasteiger charge is 2.33. The Bertz CT molecular complexity index is 1150. The average Bonchev–Trinajstić information content (AvgIpc) is 2.84. The molecule has 0 aliphatic heterocycles. The molecule has 0 saturated heterocycles. The standard InChI is InChI=1S/C26H33ClIN3O4S/c1-3-24(26(33)29-21-10-5-4-6-11-21)30(17-19-9-7-8-12-23(19)27)25(32)18-31(36(2,34)35)22-15-13-20(28)14-16-22/h7-9,12-16,21,24H,3-6,10-11,17-18H2,1-2H3,(H,29,33). The molecule has 0 radical (unpaired) electrons.